The van der Waals surface area contributed by atoms with Gasteiger partial charge in [0.25, 0.3) is 0 Å². The largest absolute Gasteiger partial charge is 0.396 e. The van der Waals surface area contributed by atoms with E-state index in [0.29, 0.717) is 10.6 Å². The van der Waals surface area contributed by atoms with E-state index < -0.39 is 8.07 Å². The summed E-state index contributed by atoms with van der Waals surface area (Å²) in [6.07, 6.45) is 0. The molecule has 0 saturated carbocycles. The number of rotatable bonds is 8. The fourth-order valence-corrected chi connectivity index (χ4v) is 7.91. The zero-order valence-electron chi connectivity index (χ0n) is 13.4. The van der Waals surface area contributed by atoms with Crippen molar-refractivity contribution in [2.24, 2.45) is 0 Å². The summed E-state index contributed by atoms with van der Waals surface area (Å²) in [4.78, 5) is 3.95. The second kappa shape index (κ2) is 7.92. The van der Waals surface area contributed by atoms with Crippen LogP contribution in [0.15, 0.2) is 29.3 Å². The average Bonchev–Trinajstić information content (AvgIpc) is 2.83. The smallest absolute Gasteiger partial charge is 0.0774 e. The molecule has 0 amide bonds. The number of para-hydroxylation sites is 1. The topological polar surface area (TPSA) is 56.2 Å². The highest BCUT2D eigenvalue weighted by molar-refractivity contribution is 8.01. The molecule has 0 radical (unpaired) electrons. The Kier molecular flexibility index (Phi) is 6.46. The highest BCUT2D eigenvalue weighted by atomic mass is 32.2. The number of aliphatic hydroxyl groups is 2. The van der Waals surface area contributed by atoms with Gasteiger partial charge in [-0.2, -0.15) is 11.8 Å². The van der Waals surface area contributed by atoms with E-state index in [4.69, 9.17) is 5.11 Å². The molecule has 0 aliphatic heterocycles. The number of aromatic nitrogens is 1. The van der Waals surface area contributed by atoms with E-state index in [2.05, 4.69) is 42.8 Å². The van der Waals surface area contributed by atoms with E-state index in [0.717, 1.165) is 11.3 Å². The number of hydrogen-bond donors (Lipinski definition) is 3. The predicted molar refractivity (Wildman–Crippen MR) is 102 cm³/mol. The van der Waals surface area contributed by atoms with Crippen molar-refractivity contribution in [3.8, 4) is 0 Å². The van der Waals surface area contributed by atoms with Crippen LogP contribution in [0.3, 0.4) is 0 Å². The van der Waals surface area contributed by atoms with Crippen LogP contribution in [-0.4, -0.2) is 48.0 Å². The minimum absolute atomic E-state index is 0.181. The van der Waals surface area contributed by atoms with Crippen LogP contribution in [-0.2, 0) is 0 Å². The number of aromatic amines is 1. The third-order valence-corrected chi connectivity index (χ3v) is 9.94. The SMILES string of the molecule is C[Si](C)(C)C(SCCO)c1c(SCCO)[nH]c2ccccc12. The third kappa shape index (κ3) is 4.11. The summed E-state index contributed by atoms with van der Waals surface area (Å²) in [6.45, 7) is 7.53. The van der Waals surface area contributed by atoms with Gasteiger partial charge >= 0.3 is 0 Å². The lowest BCUT2D eigenvalue weighted by Gasteiger charge is -2.29. The van der Waals surface area contributed by atoms with Gasteiger partial charge < -0.3 is 15.2 Å². The van der Waals surface area contributed by atoms with Gasteiger partial charge in [-0.05, 0) is 6.07 Å². The van der Waals surface area contributed by atoms with E-state index in [1.165, 1.54) is 16.0 Å². The van der Waals surface area contributed by atoms with Gasteiger partial charge in [0.05, 0.1) is 26.3 Å². The molecule has 1 aromatic carbocycles. The van der Waals surface area contributed by atoms with E-state index in [-0.39, 0.29) is 13.2 Å². The Morgan fingerprint density at radius 3 is 2.41 bits per heavy atom. The lowest BCUT2D eigenvalue weighted by atomic mass is 10.2. The van der Waals surface area contributed by atoms with E-state index in [1.54, 1.807) is 11.8 Å². The Bertz CT molecular complexity index is 610. The zero-order valence-corrected chi connectivity index (χ0v) is 16.1. The van der Waals surface area contributed by atoms with Gasteiger partial charge in [-0.15, -0.1) is 11.8 Å². The Balaban J connectivity index is 2.52. The summed E-state index contributed by atoms with van der Waals surface area (Å²) in [5, 5.41) is 20.9. The molecule has 0 saturated heterocycles. The van der Waals surface area contributed by atoms with Crippen molar-refractivity contribution in [2.45, 2.75) is 29.5 Å². The van der Waals surface area contributed by atoms with E-state index in [1.807, 2.05) is 17.8 Å². The van der Waals surface area contributed by atoms with Gasteiger partial charge in [-0.3, -0.25) is 0 Å². The summed E-state index contributed by atoms with van der Waals surface area (Å²) in [5.41, 5.74) is 2.53. The quantitative estimate of drug-likeness (QED) is 0.496. The van der Waals surface area contributed by atoms with E-state index >= 15 is 0 Å². The van der Waals surface area contributed by atoms with Gasteiger partial charge in [-0.1, -0.05) is 37.8 Å². The van der Waals surface area contributed by atoms with Crippen LogP contribution >= 0.6 is 23.5 Å². The van der Waals surface area contributed by atoms with Crippen molar-refractivity contribution in [3.63, 3.8) is 0 Å². The molecule has 1 atom stereocenters. The normalized spacial score (nSPS) is 13.7. The molecule has 2 aromatic rings. The van der Waals surface area contributed by atoms with Crippen LogP contribution in [0, 0.1) is 0 Å². The fraction of sp³-hybridized carbons (Fsp3) is 0.500. The van der Waals surface area contributed by atoms with Gasteiger partial charge in [0.1, 0.15) is 0 Å². The van der Waals surface area contributed by atoms with Crippen molar-refractivity contribution in [3.05, 3.63) is 29.8 Å². The van der Waals surface area contributed by atoms with Gasteiger partial charge in [0.15, 0.2) is 0 Å². The monoisotopic (exact) mass is 355 g/mol. The number of aliphatic hydroxyl groups excluding tert-OH is 2. The molecule has 22 heavy (non-hydrogen) atoms. The molecule has 0 spiro atoms. The van der Waals surface area contributed by atoms with Crippen molar-refractivity contribution >= 4 is 42.5 Å². The second-order valence-corrected chi connectivity index (χ2v) is 14.4. The maximum atomic E-state index is 9.25. The molecule has 0 aliphatic rings. The molecule has 2 rings (SSSR count). The first-order valence-corrected chi connectivity index (χ1v) is 13.2. The van der Waals surface area contributed by atoms with Gasteiger partial charge in [0.2, 0.25) is 0 Å². The Labute approximate surface area is 141 Å². The summed E-state index contributed by atoms with van der Waals surface area (Å²) >= 11 is 3.56. The van der Waals surface area contributed by atoms with Gasteiger partial charge in [0, 0.05) is 32.8 Å². The Morgan fingerprint density at radius 1 is 1.09 bits per heavy atom. The Hall–Kier alpha value is -0.403. The van der Waals surface area contributed by atoms with Crippen LogP contribution in [0.5, 0.6) is 0 Å². The molecule has 0 bridgehead atoms. The maximum absolute atomic E-state index is 9.25. The molecule has 1 heterocycles. The summed E-state index contributed by atoms with van der Waals surface area (Å²) in [5.74, 6) is 1.46. The van der Waals surface area contributed by atoms with Crippen molar-refractivity contribution < 1.29 is 10.2 Å². The summed E-state index contributed by atoms with van der Waals surface area (Å²) < 4.78 is 0. The lowest BCUT2D eigenvalue weighted by molar-refractivity contribution is 0.322. The highest BCUT2D eigenvalue weighted by Crippen LogP contribution is 2.45. The number of fused-ring (bicyclic) bond motifs is 1. The molecule has 3 nitrogen and oxygen atoms in total. The number of hydrogen-bond acceptors (Lipinski definition) is 4. The van der Waals surface area contributed by atoms with Crippen LogP contribution in [0.1, 0.15) is 10.4 Å². The third-order valence-electron chi connectivity index (χ3n) is 3.47. The predicted octanol–water partition coefficient (Wildman–Crippen LogP) is 3.90. The van der Waals surface area contributed by atoms with Gasteiger partial charge in [-0.25, -0.2) is 0 Å². The molecular formula is C16H25NO2S2Si. The minimum atomic E-state index is -1.46. The molecule has 122 valence electrons. The van der Waals surface area contributed by atoms with Crippen molar-refractivity contribution in [1.29, 1.82) is 0 Å². The first-order chi connectivity index (χ1) is 10.5. The summed E-state index contributed by atoms with van der Waals surface area (Å²) in [7, 11) is -1.46. The lowest BCUT2D eigenvalue weighted by Crippen LogP contribution is -2.29. The number of nitrogens with one attached hydrogen (secondary N) is 1. The molecule has 1 aromatic heterocycles. The molecule has 0 fully saturated rings. The first kappa shape index (κ1) is 17.9. The minimum Gasteiger partial charge on any atom is -0.396 e. The Morgan fingerprint density at radius 2 is 1.77 bits per heavy atom. The zero-order chi connectivity index (χ0) is 16.2. The molecule has 6 heteroatoms. The maximum Gasteiger partial charge on any atom is 0.0774 e. The van der Waals surface area contributed by atoms with Crippen LogP contribution in [0.2, 0.25) is 19.6 Å². The first-order valence-electron chi connectivity index (χ1n) is 7.55. The molecule has 3 N–H and O–H groups in total. The van der Waals surface area contributed by atoms with Crippen LogP contribution in [0.25, 0.3) is 10.9 Å². The second-order valence-electron chi connectivity index (χ2n) is 6.33. The standard InChI is InChI=1S/C16H25NO2S2Si/c1-22(2,3)16(21-11-9-19)14-12-6-4-5-7-13(12)17-15(14)20-10-8-18/h4-7,16-19H,8-11H2,1-3H3. The molecule has 0 aliphatic carbocycles. The molecule has 1 unspecified atom stereocenters. The molecular weight excluding hydrogens is 330 g/mol. The number of benzene rings is 1. The van der Waals surface area contributed by atoms with E-state index in [9.17, 15) is 5.11 Å². The van der Waals surface area contributed by atoms with Crippen LogP contribution in [0.4, 0.5) is 0 Å². The highest BCUT2D eigenvalue weighted by Gasteiger charge is 2.32. The van der Waals surface area contributed by atoms with Crippen molar-refractivity contribution in [1.82, 2.24) is 4.98 Å². The average molecular weight is 356 g/mol. The fourth-order valence-electron chi connectivity index (χ4n) is 2.60. The van der Waals surface area contributed by atoms with Crippen molar-refractivity contribution in [2.75, 3.05) is 24.7 Å². The number of H-pyrrole nitrogens is 1. The van der Waals surface area contributed by atoms with Crippen LogP contribution < -0.4 is 0 Å². The number of thioether (sulfide) groups is 2. The summed E-state index contributed by atoms with van der Waals surface area (Å²) in [6, 6.07) is 8.42.